The summed E-state index contributed by atoms with van der Waals surface area (Å²) >= 11 is 0. The third kappa shape index (κ3) is 4.59. The molecular weight excluding hydrogens is 182 g/mol. The van der Waals surface area contributed by atoms with Gasteiger partial charge in [-0.2, -0.15) is 0 Å². The van der Waals surface area contributed by atoms with Crippen LogP contribution in [-0.4, -0.2) is 4.98 Å². The maximum Gasteiger partial charge on any atom is 0.0655 e. The van der Waals surface area contributed by atoms with E-state index in [-0.39, 0.29) is 0 Å². The Kier molecular flexibility index (Phi) is 5.46. The van der Waals surface area contributed by atoms with Crippen molar-refractivity contribution in [1.29, 1.82) is 0 Å². The monoisotopic (exact) mass is 201 g/mol. The molecule has 0 saturated heterocycles. The van der Waals surface area contributed by atoms with Crippen LogP contribution in [0.5, 0.6) is 0 Å². The molecule has 0 bridgehead atoms. The lowest BCUT2D eigenvalue weighted by Gasteiger charge is -2.02. The van der Waals surface area contributed by atoms with E-state index in [1.54, 1.807) is 0 Å². The average Bonchev–Trinajstić information content (AvgIpc) is 2.30. The van der Waals surface area contributed by atoms with Gasteiger partial charge in [-0.25, -0.2) is 0 Å². The molecule has 0 saturated carbocycles. The van der Waals surface area contributed by atoms with Crippen molar-refractivity contribution in [2.45, 2.75) is 32.6 Å². The fourth-order valence-electron chi connectivity index (χ4n) is 1.42. The molecule has 1 rings (SSSR count). The van der Waals surface area contributed by atoms with Crippen molar-refractivity contribution in [3.63, 3.8) is 0 Å². The van der Waals surface area contributed by atoms with Crippen molar-refractivity contribution in [3.05, 3.63) is 48.8 Å². The maximum absolute atomic E-state index is 4.28. The third-order valence-electron chi connectivity index (χ3n) is 2.28. The zero-order valence-corrected chi connectivity index (χ0v) is 9.45. The highest BCUT2D eigenvalue weighted by atomic mass is 14.7. The lowest BCUT2D eigenvalue weighted by atomic mass is 10.1. The van der Waals surface area contributed by atoms with E-state index in [1.165, 1.54) is 0 Å². The second-order valence-electron chi connectivity index (χ2n) is 3.59. The Bertz CT molecular complexity index is 311. The predicted molar refractivity (Wildman–Crippen MR) is 66.6 cm³/mol. The quantitative estimate of drug-likeness (QED) is 0.495. The second-order valence-corrected chi connectivity index (χ2v) is 3.59. The molecule has 0 aromatic carbocycles. The molecule has 1 aromatic rings. The Hall–Kier alpha value is -1.37. The van der Waals surface area contributed by atoms with Crippen molar-refractivity contribution in [1.82, 2.24) is 4.98 Å². The van der Waals surface area contributed by atoms with Crippen LogP contribution in [0.25, 0.3) is 5.57 Å². The molecule has 0 aliphatic heterocycles. The minimum atomic E-state index is 1.02. The SMILES string of the molecule is C=C(CCC/C=C/CC)c1ccccn1. The minimum Gasteiger partial charge on any atom is -0.257 e. The molecule has 0 radical (unpaired) electrons. The van der Waals surface area contributed by atoms with Gasteiger partial charge in [-0.3, -0.25) is 4.98 Å². The molecule has 0 aliphatic rings. The molecule has 0 N–H and O–H groups in total. The lowest BCUT2D eigenvalue weighted by Crippen LogP contribution is -1.86. The number of allylic oxidation sites excluding steroid dienone is 3. The molecule has 0 unspecified atom stereocenters. The summed E-state index contributed by atoms with van der Waals surface area (Å²) in [7, 11) is 0. The number of hydrogen-bond acceptors (Lipinski definition) is 1. The molecule has 80 valence electrons. The Morgan fingerprint density at radius 3 is 2.93 bits per heavy atom. The summed E-state index contributed by atoms with van der Waals surface area (Å²) in [5.74, 6) is 0. The van der Waals surface area contributed by atoms with Gasteiger partial charge in [0.25, 0.3) is 0 Å². The Morgan fingerprint density at radius 1 is 1.40 bits per heavy atom. The lowest BCUT2D eigenvalue weighted by molar-refractivity contribution is 0.873. The van der Waals surface area contributed by atoms with Crippen LogP contribution in [-0.2, 0) is 0 Å². The van der Waals surface area contributed by atoms with Crippen LogP contribution in [0.4, 0.5) is 0 Å². The van der Waals surface area contributed by atoms with Crippen LogP contribution in [0.15, 0.2) is 43.1 Å². The number of hydrogen-bond donors (Lipinski definition) is 0. The van der Waals surface area contributed by atoms with Gasteiger partial charge in [0.05, 0.1) is 5.69 Å². The summed E-state index contributed by atoms with van der Waals surface area (Å²) in [5, 5.41) is 0. The Morgan fingerprint density at radius 2 is 2.27 bits per heavy atom. The zero-order valence-electron chi connectivity index (χ0n) is 9.45. The second kappa shape index (κ2) is 6.99. The summed E-state index contributed by atoms with van der Waals surface area (Å²) in [6.07, 6.45) is 10.7. The number of pyridine rings is 1. The van der Waals surface area contributed by atoms with Gasteiger partial charge >= 0.3 is 0 Å². The Labute approximate surface area is 92.6 Å². The number of unbranched alkanes of at least 4 members (excludes halogenated alkanes) is 1. The molecule has 1 aromatic heterocycles. The first-order valence-electron chi connectivity index (χ1n) is 5.58. The molecule has 0 spiro atoms. The summed E-state index contributed by atoms with van der Waals surface area (Å²) in [5.41, 5.74) is 2.16. The Balaban J connectivity index is 2.28. The summed E-state index contributed by atoms with van der Waals surface area (Å²) in [6.45, 7) is 6.21. The topological polar surface area (TPSA) is 12.9 Å². The smallest absolute Gasteiger partial charge is 0.0655 e. The van der Waals surface area contributed by atoms with Gasteiger partial charge in [-0.15, -0.1) is 0 Å². The van der Waals surface area contributed by atoms with Gasteiger partial charge in [0, 0.05) is 6.20 Å². The number of aromatic nitrogens is 1. The summed E-state index contributed by atoms with van der Waals surface area (Å²) in [6, 6.07) is 5.95. The fraction of sp³-hybridized carbons (Fsp3) is 0.357. The van der Waals surface area contributed by atoms with E-state index in [4.69, 9.17) is 0 Å². The summed E-state index contributed by atoms with van der Waals surface area (Å²) < 4.78 is 0. The van der Waals surface area contributed by atoms with Crippen LogP contribution in [0.2, 0.25) is 0 Å². The number of rotatable bonds is 6. The van der Waals surface area contributed by atoms with Gasteiger partial charge in [-0.1, -0.05) is 31.7 Å². The highest BCUT2D eigenvalue weighted by molar-refractivity contribution is 5.59. The molecule has 15 heavy (non-hydrogen) atoms. The molecule has 0 amide bonds. The van der Waals surface area contributed by atoms with E-state index in [1.807, 2.05) is 24.4 Å². The van der Waals surface area contributed by atoms with Crippen LogP contribution in [0, 0.1) is 0 Å². The minimum absolute atomic E-state index is 1.02. The molecular formula is C14H19N. The first-order valence-corrected chi connectivity index (χ1v) is 5.58. The van der Waals surface area contributed by atoms with Gasteiger partial charge in [0.2, 0.25) is 0 Å². The average molecular weight is 201 g/mol. The van der Waals surface area contributed by atoms with Gasteiger partial charge in [-0.05, 0) is 43.4 Å². The maximum atomic E-state index is 4.28. The van der Waals surface area contributed by atoms with Crippen molar-refractivity contribution in [3.8, 4) is 0 Å². The third-order valence-corrected chi connectivity index (χ3v) is 2.28. The zero-order chi connectivity index (χ0) is 10.9. The van der Waals surface area contributed by atoms with Crippen LogP contribution < -0.4 is 0 Å². The van der Waals surface area contributed by atoms with Gasteiger partial charge < -0.3 is 0 Å². The van der Waals surface area contributed by atoms with E-state index < -0.39 is 0 Å². The largest absolute Gasteiger partial charge is 0.257 e. The first-order chi connectivity index (χ1) is 7.34. The molecule has 0 fully saturated rings. The van der Waals surface area contributed by atoms with E-state index in [2.05, 4.69) is 30.6 Å². The van der Waals surface area contributed by atoms with Gasteiger partial charge in [0.1, 0.15) is 0 Å². The normalized spacial score (nSPS) is 10.7. The highest BCUT2D eigenvalue weighted by Crippen LogP contribution is 2.16. The number of nitrogens with zero attached hydrogens (tertiary/aromatic N) is 1. The molecule has 1 heteroatoms. The van der Waals surface area contributed by atoms with Crippen molar-refractivity contribution in [2.75, 3.05) is 0 Å². The molecule has 0 aliphatic carbocycles. The van der Waals surface area contributed by atoms with E-state index >= 15 is 0 Å². The van der Waals surface area contributed by atoms with Crippen LogP contribution in [0.3, 0.4) is 0 Å². The van der Waals surface area contributed by atoms with Crippen LogP contribution >= 0.6 is 0 Å². The van der Waals surface area contributed by atoms with Gasteiger partial charge in [0.15, 0.2) is 0 Å². The van der Waals surface area contributed by atoms with Crippen molar-refractivity contribution < 1.29 is 0 Å². The van der Waals surface area contributed by atoms with Crippen LogP contribution in [0.1, 0.15) is 38.3 Å². The fourth-order valence-corrected chi connectivity index (χ4v) is 1.42. The summed E-state index contributed by atoms with van der Waals surface area (Å²) in [4.78, 5) is 4.28. The molecule has 1 nitrogen and oxygen atoms in total. The molecule has 1 heterocycles. The highest BCUT2D eigenvalue weighted by Gasteiger charge is 1.97. The van der Waals surface area contributed by atoms with Crippen molar-refractivity contribution >= 4 is 5.57 Å². The first kappa shape index (κ1) is 11.7. The standard InChI is InChI=1S/C14H19N/c1-3-4-5-6-7-10-13(2)14-11-8-9-12-15-14/h4-5,8-9,11-12H,2-3,6-7,10H2,1H3/b5-4+. The predicted octanol–water partition coefficient (Wildman–Crippen LogP) is 4.23. The van der Waals surface area contributed by atoms with E-state index in [0.29, 0.717) is 0 Å². The van der Waals surface area contributed by atoms with Crippen molar-refractivity contribution in [2.24, 2.45) is 0 Å². The van der Waals surface area contributed by atoms with E-state index in [0.717, 1.165) is 37.0 Å². The molecule has 0 atom stereocenters. The van der Waals surface area contributed by atoms with E-state index in [9.17, 15) is 0 Å².